The molecule has 0 aliphatic carbocycles. The van der Waals surface area contributed by atoms with Crippen LogP contribution in [0, 0.1) is 13.8 Å². The summed E-state index contributed by atoms with van der Waals surface area (Å²) < 4.78 is 0. The van der Waals surface area contributed by atoms with Gasteiger partial charge in [-0.1, -0.05) is 43.7 Å². The van der Waals surface area contributed by atoms with Gasteiger partial charge < -0.3 is 4.98 Å². The van der Waals surface area contributed by atoms with E-state index in [1.165, 1.54) is 28.1 Å². The Hall–Kier alpha value is -1.50. The summed E-state index contributed by atoms with van der Waals surface area (Å²) in [6, 6.07) is 10.9. The Morgan fingerprint density at radius 2 is 1.62 bits per heavy atom. The Bertz CT molecular complexity index is 475. The van der Waals surface area contributed by atoms with Gasteiger partial charge in [0.1, 0.15) is 0 Å². The van der Waals surface area contributed by atoms with E-state index < -0.39 is 0 Å². The van der Waals surface area contributed by atoms with Crippen LogP contribution in [0.1, 0.15) is 36.6 Å². The monoisotopic (exact) mass is 213 g/mol. The zero-order valence-electron chi connectivity index (χ0n) is 10.5. The molecule has 0 fully saturated rings. The van der Waals surface area contributed by atoms with E-state index >= 15 is 0 Å². The summed E-state index contributed by atoms with van der Waals surface area (Å²) in [5.41, 5.74) is 6.47. The van der Waals surface area contributed by atoms with Crippen molar-refractivity contribution in [3.05, 3.63) is 47.2 Å². The third kappa shape index (κ3) is 2.04. The molecule has 0 aliphatic rings. The fourth-order valence-electron chi connectivity index (χ4n) is 1.92. The lowest BCUT2D eigenvalue weighted by molar-refractivity contribution is 0.834. The molecule has 1 N–H and O–H groups in total. The highest BCUT2D eigenvalue weighted by atomic mass is 14.7. The lowest BCUT2D eigenvalue weighted by Crippen LogP contribution is -1.86. The summed E-state index contributed by atoms with van der Waals surface area (Å²) in [7, 11) is 0. The number of aromatic amines is 1. The number of H-pyrrole nitrogens is 1. The molecule has 1 aromatic carbocycles. The predicted molar refractivity (Wildman–Crippen MR) is 69.8 cm³/mol. The minimum absolute atomic E-state index is 0.554. The minimum Gasteiger partial charge on any atom is -0.358 e. The average molecular weight is 213 g/mol. The molecule has 16 heavy (non-hydrogen) atoms. The molecule has 0 amide bonds. The zero-order valence-corrected chi connectivity index (χ0v) is 10.5. The second kappa shape index (κ2) is 4.17. The average Bonchev–Trinajstić information content (AvgIpc) is 2.62. The molecule has 2 aromatic rings. The second-order valence-corrected chi connectivity index (χ2v) is 4.80. The van der Waals surface area contributed by atoms with Gasteiger partial charge >= 0.3 is 0 Å². The van der Waals surface area contributed by atoms with Crippen molar-refractivity contribution < 1.29 is 0 Å². The first-order chi connectivity index (χ1) is 7.58. The Morgan fingerprint density at radius 1 is 1.00 bits per heavy atom. The van der Waals surface area contributed by atoms with Gasteiger partial charge in [-0.2, -0.15) is 0 Å². The number of hydrogen-bond acceptors (Lipinski definition) is 0. The smallest absolute Gasteiger partial charge is 0.0485 e. The van der Waals surface area contributed by atoms with Gasteiger partial charge in [-0.15, -0.1) is 0 Å². The highest BCUT2D eigenvalue weighted by molar-refractivity contribution is 5.64. The van der Waals surface area contributed by atoms with Gasteiger partial charge in [0.25, 0.3) is 0 Å². The van der Waals surface area contributed by atoms with Crippen molar-refractivity contribution in [1.29, 1.82) is 0 Å². The molecule has 1 nitrogen and oxygen atoms in total. The summed E-state index contributed by atoms with van der Waals surface area (Å²) in [4.78, 5) is 3.52. The van der Waals surface area contributed by atoms with Gasteiger partial charge in [0.05, 0.1) is 0 Å². The van der Waals surface area contributed by atoms with Crippen LogP contribution in [0.15, 0.2) is 30.3 Å². The molecule has 84 valence electrons. The zero-order chi connectivity index (χ0) is 11.7. The normalized spacial score (nSPS) is 11.1. The molecule has 1 heterocycles. The highest BCUT2D eigenvalue weighted by Crippen LogP contribution is 2.26. The van der Waals surface area contributed by atoms with Gasteiger partial charge in [0.15, 0.2) is 0 Å². The van der Waals surface area contributed by atoms with E-state index in [1.807, 2.05) is 0 Å². The summed E-state index contributed by atoms with van der Waals surface area (Å²) in [5, 5.41) is 0. The number of hydrogen-bond donors (Lipinski definition) is 1. The standard InChI is InChI=1S/C15H19N/c1-10(2)14-9-12(4)15(16-14)13-7-5-11(3)6-8-13/h5-10,16H,1-4H3. The van der Waals surface area contributed by atoms with Gasteiger partial charge in [0.2, 0.25) is 0 Å². The van der Waals surface area contributed by atoms with Gasteiger partial charge in [-0.25, -0.2) is 0 Å². The first-order valence-electron chi connectivity index (χ1n) is 5.84. The summed E-state index contributed by atoms with van der Waals surface area (Å²) in [6.07, 6.45) is 0. The molecule has 0 aliphatic heterocycles. The van der Waals surface area contributed by atoms with Crippen molar-refractivity contribution in [2.45, 2.75) is 33.6 Å². The minimum atomic E-state index is 0.554. The van der Waals surface area contributed by atoms with E-state index in [0.29, 0.717) is 5.92 Å². The highest BCUT2D eigenvalue weighted by Gasteiger charge is 2.08. The fourth-order valence-corrected chi connectivity index (χ4v) is 1.92. The molecule has 0 saturated carbocycles. The molecule has 2 rings (SSSR count). The molecule has 0 radical (unpaired) electrons. The van der Waals surface area contributed by atoms with Gasteiger partial charge in [0, 0.05) is 11.4 Å². The van der Waals surface area contributed by atoms with E-state index in [2.05, 4.69) is 63.0 Å². The predicted octanol–water partition coefficient (Wildman–Crippen LogP) is 4.42. The Balaban J connectivity index is 2.44. The Morgan fingerprint density at radius 3 is 2.12 bits per heavy atom. The van der Waals surface area contributed by atoms with Crippen molar-refractivity contribution in [1.82, 2.24) is 4.98 Å². The SMILES string of the molecule is Cc1ccc(-c2[nH]c(C(C)C)cc2C)cc1. The lowest BCUT2D eigenvalue weighted by atomic mass is 10.1. The van der Waals surface area contributed by atoms with E-state index in [1.54, 1.807) is 0 Å². The van der Waals surface area contributed by atoms with E-state index in [-0.39, 0.29) is 0 Å². The summed E-state index contributed by atoms with van der Waals surface area (Å²) >= 11 is 0. The first-order valence-corrected chi connectivity index (χ1v) is 5.84. The maximum atomic E-state index is 3.52. The molecular formula is C15H19N. The fraction of sp³-hybridized carbons (Fsp3) is 0.333. The number of nitrogens with one attached hydrogen (secondary N) is 1. The van der Waals surface area contributed by atoms with Crippen molar-refractivity contribution in [2.24, 2.45) is 0 Å². The van der Waals surface area contributed by atoms with Crippen LogP contribution in [-0.4, -0.2) is 4.98 Å². The summed E-state index contributed by atoms with van der Waals surface area (Å²) in [6.45, 7) is 8.71. The molecule has 0 saturated heterocycles. The van der Waals surface area contributed by atoms with Crippen molar-refractivity contribution in [3.8, 4) is 11.3 Å². The third-order valence-electron chi connectivity index (χ3n) is 3.00. The van der Waals surface area contributed by atoms with Crippen LogP contribution < -0.4 is 0 Å². The number of benzene rings is 1. The Kier molecular flexibility index (Phi) is 2.86. The van der Waals surface area contributed by atoms with E-state index in [9.17, 15) is 0 Å². The largest absolute Gasteiger partial charge is 0.358 e. The van der Waals surface area contributed by atoms with Crippen LogP contribution in [0.4, 0.5) is 0 Å². The molecule has 0 unspecified atom stereocenters. The van der Waals surface area contributed by atoms with E-state index in [0.717, 1.165) is 0 Å². The lowest BCUT2D eigenvalue weighted by Gasteiger charge is -2.02. The van der Waals surface area contributed by atoms with Crippen molar-refractivity contribution >= 4 is 0 Å². The second-order valence-electron chi connectivity index (χ2n) is 4.80. The van der Waals surface area contributed by atoms with Crippen LogP contribution in [0.5, 0.6) is 0 Å². The van der Waals surface area contributed by atoms with Crippen LogP contribution in [0.2, 0.25) is 0 Å². The van der Waals surface area contributed by atoms with Crippen LogP contribution in [-0.2, 0) is 0 Å². The maximum absolute atomic E-state index is 3.52. The molecule has 0 bridgehead atoms. The molecular weight excluding hydrogens is 194 g/mol. The van der Waals surface area contributed by atoms with Crippen molar-refractivity contribution in [2.75, 3.05) is 0 Å². The maximum Gasteiger partial charge on any atom is 0.0485 e. The van der Waals surface area contributed by atoms with Crippen LogP contribution in [0.3, 0.4) is 0 Å². The third-order valence-corrected chi connectivity index (χ3v) is 3.00. The molecule has 0 atom stereocenters. The van der Waals surface area contributed by atoms with Gasteiger partial charge in [-0.3, -0.25) is 0 Å². The molecule has 1 aromatic heterocycles. The number of aryl methyl sites for hydroxylation is 2. The van der Waals surface area contributed by atoms with Crippen molar-refractivity contribution in [3.63, 3.8) is 0 Å². The topological polar surface area (TPSA) is 15.8 Å². The molecule has 1 heteroatoms. The van der Waals surface area contributed by atoms with E-state index in [4.69, 9.17) is 0 Å². The number of rotatable bonds is 2. The quantitative estimate of drug-likeness (QED) is 0.760. The Labute approximate surface area is 97.5 Å². The molecule has 0 spiro atoms. The van der Waals surface area contributed by atoms with Gasteiger partial charge in [-0.05, 0) is 37.0 Å². The summed E-state index contributed by atoms with van der Waals surface area (Å²) in [5.74, 6) is 0.554. The van der Waals surface area contributed by atoms with Crippen LogP contribution in [0.25, 0.3) is 11.3 Å². The number of aromatic nitrogens is 1. The van der Waals surface area contributed by atoms with Crippen LogP contribution >= 0.6 is 0 Å². The first kappa shape index (κ1) is 11.0.